The number of ether oxygens (including phenoxy) is 4. The van der Waals surface area contributed by atoms with E-state index in [0.717, 1.165) is 46.8 Å². The van der Waals surface area contributed by atoms with Gasteiger partial charge in [-0.15, -0.1) is 26.3 Å². The van der Waals surface area contributed by atoms with Crippen LogP contribution in [0.25, 0.3) is 22.3 Å². The van der Waals surface area contributed by atoms with Crippen LogP contribution in [0, 0.1) is 11.6 Å². The second kappa shape index (κ2) is 30.9. The lowest BCUT2D eigenvalue weighted by Gasteiger charge is -2.32. The molecule has 24 heteroatoms. The number of pyridine rings is 2. The van der Waals surface area contributed by atoms with Crippen LogP contribution in [0.1, 0.15) is 78.2 Å². The van der Waals surface area contributed by atoms with Gasteiger partial charge < -0.3 is 49.2 Å². The molecule has 2 aromatic heterocycles. The van der Waals surface area contributed by atoms with Crippen molar-refractivity contribution in [2.24, 2.45) is 0 Å². The summed E-state index contributed by atoms with van der Waals surface area (Å²) in [5.41, 5.74) is 5.70. The lowest BCUT2D eigenvalue weighted by atomic mass is 10.0. The van der Waals surface area contributed by atoms with Gasteiger partial charge >= 0.3 is 12.7 Å². The van der Waals surface area contributed by atoms with Crippen LogP contribution in [-0.4, -0.2) is 136 Å². The number of para-hydroxylation sites is 2. The lowest BCUT2D eigenvalue weighted by Crippen LogP contribution is -2.42. The molecule has 2 saturated heterocycles. The number of nitrogens with one attached hydrogen (secondary N) is 2. The number of benzene rings is 6. The molecule has 0 radical (unpaired) electrons. The predicted molar refractivity (Wildman–Crippen MR) is 338 cm³/mol. The molecule has 16 nitrogen and oxygen atoms in total. The van der Waals surface area contributed by atoms with E-state index in [-0.39, 0.29) is 68.9 Å². The van der Waals surface area contributed by atoms with Crippen LogP contribution in [0.5, 0.6) is 23.3 Å². The standard InChI is InChI=1S/2C35H34F4N4O4/c1-42(2)26-11-7-23(8-12-26)15-18-40-33(44)30-21-25(36)10-13-29(30)34(45)43-19-16-27(17-20-43)46-32-14-9-24(22-41-32)28-5-3-4-6-31(28)47-35(37,38)39;1-42(2)26-11-7-23(8-12-26)15-18-40-33(44)29-13-10-25(36)21-30(29)34(45)43-19-16-27(17-20-43)46-32-14-9-24(22-41-32)28-5-3-4-6-31(28)47-35(37,38)39/h2*3-14,21-22,27H,15-20H2,1-2H3,(H,40,44). The van der Waals surface area contributed by atoms with E-state index < -0.39 is 42.1 Å². The molecule has 0 atom stereocenters. The monoisotopic (exact) mass is 1300 g/mol. The molecule has 0 saturated carbocycles. The molecule has 10 rings (SSSR count). The maximum absolute atomic E-state index is 14.2. The summed E-state index contributed by atoms with van der Waals surface area (Å²) >= 11 is 0. The smallest absolute Gasteiger partial charge is 0.474 e. The van der Waals surface area contributed by atoms with Crippen molar-refractivity contribution < 1.29 is 73.2 Å². The number of nitrogens with zero attached hydrogens (tertiary/aromatic N) is 6. The second-order valence-electron chi connectivity index (χ2n) is 22.6. The van der Waals surface area contributed by atoms with E-state index in [9.17, 15) is 54.3 Å². The van der Waals surface area contributed by atoms with Gasteiger partial charge in [0.05, 0.1) is 22.3 Å². The largest absolute Gasteiger partial charge is 0.573 e. The predicted octanol–water partition coefficient (Wildman–Crippen LogP) is 13.0. The maximum atomic E-state index is 14.2. The molecular formula is C70H68F8N8O8. The molecule has 0 unspecified atom stereocenters. The number of anilines is 2. The normalized spacial score (nSPS) is 13.6. The van der Waals surface area contributed by atoms with Gasteiger partial charge in [0, 0.05) is 151 Å². The van der Waals surface area contributed by atoms with E-state index in [1.807, 2.05) is 86.5 Å². The zero-order valence-electron chi connectivity index (χ0n) is 51.8. The molecule has 8 aromatic rings. The van der Waals surface area contributed by atoms with Crippen molar-refractivity contribution in [2.45, 2.75) is 63.5 Å². The quantitative estimate of drug-likeness (QED) is 0.0694. The zero-order chi connectivity index (χ0) is 67.1. The van der Waals surface area contributed by atoms with E-state index in [1.165, 1.54) is 60.9 Å². The number of alkyl halides is 6. The summed E-state index contributed by atoms with van der Waals surface area (Å²) in [6, 6.07) is 41.0. The van der Waals surface area contributed by atoms with Gasteiger partial charge in [0.25, 0.3) is 23.6 Å². The first-order valence-electron chi connectivity index (χ1n) is 30.2. The fourth-order valence-corrected chi connectivity index (χ4v) is 10.6. The van der Waals surface area contributed by atoms with Gasteiger partial charge in [-0.25, -0.2) is 18.7 Å². The van der Waals surface area contributed by atoms with Crippen LogP contribution in [0.4, 0.5) is 46.5 Å². The summed E-state index contributed by atoms with van der Waals surface area (Å²) in [5, 5.41) is 5.64. The fourth-order valence-electron chi connectivity index (χ4n) is 10.6. The molecule has 2 aliphatic rings. The number of aromatic nitrogens is 2. The summed E-state index contributed by atoms with van der Waals surface area (Å²) in [4.78, 5) is 68.7. The topological polar surface area (TPSA) is 168 Å². The molecule has 6 aromatic carbocycles. The summed E-state index contributed by atoms with van der Waals surface area (Å²) in [6.07, 6.45) is -4.34. The van der Waals surface area contributed by atoms with Crippen LogP contribution in [-0.2, 0) is 12.8 Å². The van der Waals surface area contributed by atoms with Crippen molar-refractivity contribution in [3.63, 3.8) is 0 Å². The molecule has 4 amide bonds. The van der Waals surface area contributed by atoms with E-state index >= 15 is 0 Å². The highest BCUT2D eigenvalue weighted by atomic mass is 19.4. The SMILES string of the molecule is CN(C)c1ccc(CCNC(=O)c2cc(F)ccc2C(=O)N2CCC(Oc3ccc(-c4ccccc4OC(F)(F)F)cn3)CC2)cc1.CN(C)c1ccc(CCNC(=O)c2ccc(F)cc2C(=O)N2CCC(Oc3ccc(-c4ccccc4OC(F)(F)F)cn3)CC2)cc1. The lowest BCUT2D eigenvalue weighted by molar-refractivity contribution is -0.275. The van der Waals surface area contributed by atoms with Gasteiger partial charge in [0.2, 0.25) is 11.8 Å². The first kappa shape index (κ1) is 68.1. The summed E-state index contributed by atoms with van der Waals surface area (Å²) in [7, 11) is 7.82. The molecule has 2 aliphatic heterocycles. The van der Waals surface area contributed by atoms with Gasteiger partial charge in [-0.1, -0.05) is 60.7 Å². The first-order chi connectivity index (χ1) is 44.9. The fraction of sp³-hybridized carbons (Fsp3) is 0.286. The van der Waals surface area contributed by atoms with Crippen LogP contribution in [0.15, 0.2) is 170 Å². The number of halogens is 8. The molecule has 4 heterocycles. The van der Waals surface area contributed by atoms with Crippen LogP contribution < -0.4 is 39.4 Å². The molecular weight excluding hydrogens is 1230 g/mol. The minimum Gasteiger partial charge on any atom is -0.474 e. The zero-order valence-corrected chi connectivity index (χ0v) is 51.8. The highest BCUT2D eigenvalue weighted by molar-refractivity contribution is 6.08. The number of carbonyl (C=O) groups is 4. The highest BCUT2D eigenvalue weighted by Crippen LogP contribution is 2.36. The Morgan fingerprint density at radius 1 is 0.479 bits per heavy atom. The first-order valence-corrected chi connectivity index (χ1v) is 30.2. The molecule has 94 heavy (non-hydrogen) atoms. The van der Waals surface area contributed by atoms with E-state index in [4.69, 9.17) is 9.47 Å². The Morgan fingerprint density at radius 2 is 0.862 bits per heavy atom. The van der Waals surface area contributed by atoms with Crippen molar-refractivity contribution in [1.29, 1.82) is 0 Å². The van der Waals surface area contributed by atoms with Crippen molar-refractivity contribution >= 4 is 35.0 Å². The Bertz CT molecular complexity index is 3880. The van der Waals surface area contributed by atoms with Crippen molar-refractivity contribution in [2.75, 3.05) is 77.3 Å². The van der Waals surface area contributed by atoms with Gasteiger partial charge in [0.15, 0.2) is 0 Å². The molecule has 0 spiro atoms. The van der Waals surface area contributed by atoms with Gasteiger partial charge in [-0.2, -0.15) is 0 Å². The molecule has 2 fully saturated rings. The van der Waals surface area contributed by atoms with Crippen LogP contribution in [0.3, 0.4) is 0 Å². The van der Waals surface area contributed by atoms with Gasteiger partial charge in [-0.3, -0.25) is 19.2 Å². The van der Waals surface area contributed by atoms with Crippen molar-refractivity contribution in [1.82, 2.24) is 30.4 Å². The minimum atomic E-state index is -4.83. The summed E-state index contributed by atoms with van der Waals surface area (Å²) in [6.45, 7) is 1.96. The average Bonchev–Trinajstić information content (AvgIpc) is 0.882. The number of piperidine rings is 2. The number of hydrogen-bond acceptors (Lipinski definition) is 12. The van der Waals surface area contributed by atoms with Crippen LogP contribution >= 0.6 is 0 Å². The van der Waals surface area contributed by atoms with Crippen molar-refractivity contribution in [3.8, 4) is 45.5 Å². The number of likely N-dealkylation sites (tertiary alicyclic amines) is 2. The molecule has 2 N–H and O–H groups in total. The molecule has 0 aliphatic carbocycles. The Balaban J connectivity index is 0.000000221. The third kappa shape index (κ3) is 18.9. The highest BCUT2D eigenvalue weighted by Gasteiger charge is 2.34. The number of rotatable bonds is 20. The van der Waals surface area contributed by atoms with E-state index in [2.05, 4.69) is 30.1 Å². The average molecular weight is 1300 g/mol. The minimum absolute atomic E-state index is 0.00996. The number of carbonyl (C=O) groups excluding carboxylic acids is 4. The third-order valence-electron chi connectivity index (χ3n) is 15.6. The second-order valence-corrected chi connectivity index (χ2v) is 22.6. The van der Waals surface area contributed by atoms with Gasteiger partial charge in [-0.05, 0) is 109 Å². The number of amides is 4. The summed E-state index contributed by atoms with van der Waals surface area (Å²) in [5.74, 6) is -3.15. The van der Waals surface area contributed by atoms with E-state index in [0.29, 0.717) is 94.8 Å². The maximum Gasteiger partial charge on any atom is 0.573 e. The van der Waals surface area contributed by atoms with E-state index in [1.54, 1.807) is 46.2 Å². The van der Waals surface area contributed by atoms with Crippen LogP contribution in [0.2, 0.25) is 0 Å². The molecule has 0 bridgehead atoms. The Hall–Kier alpha value is -10.3. The Kier molecular flexibility index (Phi) is 22.4. The Morgan fingerprint density at radius 3 is 1.26 bits per heavy atom. The number of hydrogen-bond donors (Lipinski definition) is 2. The Labute approximate surface area is 538 Å². The van der Waals surface area contributed by atoms with Crippen molar-refractivity contribution in [3.05, 3.63) is 215 Å². The summed E-state index contributed by atoms with van der Waals surface area (Å²) < 4.78 is 126. The molecule has 492 valence electrons. The van der Waals surface area contributed by atoms with Gasteiger partial charge in [0.1, 0.15) is 35.3 Å². The third-order valence-corrected chi connectivity index (χ3v) is 15.6.